The van der Waals surface area contributed by atoms with Crippen molar-refractivity contribution in [3.05, 3.63) is 0 Å². The van der Waals surface area contributed by atoms with Crippen LogP contribution in [0.2, 0.25) is 0 Å². The molecule has 0 rings (SSSR count). The molecule has 0 saturated carbocycles. The van der Waals surface area contributed by atoms with Crippen molar-refractivity contribution in [3.63, 3.8) is 0 Å². The molecule has 0 bridgehead atoms. The molecule has 0 aromatic heterocycles. The second-order valence-electron chi connectivity index (χ2n) is 1.03. The highest BCUT2D eigenvalue weighted by Crippen LogP contribution is 1.68. The Morgan fingerprint density at radius 3 is 2.14 bits per heavy atom. The van der Waals surface area contributed by atoms with Crippen LogP contribution in [0.4, 0.5) is 0 Å². The van der Waals surface area contributed by atoms with Crippen LogP contribution in [0.3, 0.4) is 0 Å². The van der Waals surface area contributed by atoms with E-state index in [9.17, 15) is 4.79 Å². The Morgan fingerprint density at radius 1 is 1.71 bits per heavy atom. The lowest BCUT2D eigenvalue weighted by atomic mass is 10.5. The van der Waals surface area contributed by atoms with Crippen LogP contribution in [-0.4, -0.2) is 13.0 Å². The first-order valence-corrected chi connectivity index (χ1v) is 2.01. The summed E-state index contributed by atoms with van der Waals surface area (Å²) in [6.07, 6.45) is 0.580. The van der Waals surface area contributed by atoms with Crippen molar-refractivity contribution in [2.75, 3.05) is 7.05 Å². The van der Waals surface area contributed by atoms with Gasteiger partial charge >= 0.3 is 0 Å². The smallest absolute Gasteiger partial charge is 0.219 e. The fourth-order valence-corrected chi connectivity index (χ4v) is 0.177. The van der Waals surface area contributed by atoms with E-state index in [1.54, 1.807) is 7.05 Å². The average Bonchev–Trinajstić information content (AvgIpc) is 1.65. The van der Waals surface area contributed by atoms with Crippen molar-refractivity contribution in [2.45, 2.75) is 13.3 Å². The quantitative estimate of drug-likeness (QED) is 0.614. The molecule has 44 valence electrons. The van der Waals surface area contributed by atoms with E-state index >= 15 is 0 Å². The number of hydrogen-bond donors (Lipinski definition) is 1. The second kappa shape index (κ2) is 5.95. The second-order valence-corrected chi connectivity index (χ2v) is 1.03. The van der Waals surface area contributed by atoms with Gasteiger partial charge in [-0.15, -0.1) is 17.0 Å². The maximum absolute atomic E-state index is 10.1. The van der Waals surface area contributed by atoms with E-state index < -0.39 is 0 Å². The van der Waals surface area contributed by atoms with Gasteiger partial charge in [-0.1, -0.05) is 6.92 Å². The summed E-state index contributed by atoms with van der Waals surface area (Å²) >= 11 is 0. The molecule has 0 saturated heterocycles. The molecule has 0 aromatic carbocycles. The predicted octanol–water partition coefficient (Wildman–Crippen LogP) is 0.720. The molecule has 0 spiro atoms. The molecular weight excluding hydrogens is 158 g/mol. The van der Waals surface area contributed by atoms with Crippen LogP contribution >= 0.6 is 17.0 Å². The van der Waals surface area contributed by atoms with Gasteiger partial charge in [0.15, 0.2) is 0 Å². The number of rotatable bonds is 1. The normalized spacial score (nSPS) is 6.57. The van der Waals surface area contributed by atoms with E-state index in [1.165, 1.54) is 0 Å². The van der Waals surface area contributed by atoms with Crippen molar-refractivity contribution in [1.82, 2.24) is 5.32 Å². The van der Waals surface area contributed by atoms with Gasteiger partial charge in [-0.3, -0.25) is 4.79 Å². The Kier molecular flexibility index (Phi) is 8.54. The van der Waals surface area contributed by atoms with E-state index in [-0.39, 0.29) is 22.9 Å². The third-order valence-corrected chi connectivity index (χ3v) is 0.600. The lowest BCUT2D eigenvalue weighted by molar-refractivity contribution is -0.120. The monoisotopic (exact) mass is 167 g/mol. The number of carbonyl (C=O) groups is 1. The molecule has 0 radical (unpaired) electrons. The topological polar surface area (TPSA) is 29.1 Å². The standard InChI is InChI=1S/C4H9NO.BrH/c1-3-4(6)5-2;/h3H2,1-2H3,(H,5,6);1H. The summed E-state index contributed by atoms with van der Waals surface area (Å²) in [4.78, 5) is 10.1. The third kappa shape index (κ3) is 5.95. The average molecular weight is 168 g/mol. The highest BCUT2D eigenvalue weighted by molar-refractivity contribution is 8.93. The van der Waals surface area contributed by atoms with Crippen LogP contribution < -0.4 is 5.32 Å². The molecule has 0 aliphatic rings. The Labute approximate surface area is 54.1 Å². The first-order chi connectivity index (χ1) is 2.81. The van der Waals surface area contributed by atoms with Crippen molar-refractivity contribution < 1.29 is 4.79 Å². The van der Waals surface area contributed by atoms with Gasteiger partial charge in [0.1, 0.15) is 0 Å². The molecule has 0 aromatic rings. The zero-order valence-electron chi connectivity index (χ0n) is 4.52. The Bertz CT molecular complexity index is 49.7. The summed E-state index contributed by atoms with van der Waals surface area (Å²) in [6.45, 7) is 1.82. The molecule has 1 N–H and O–H groups in total. The Balaban J connectivity index is 0. The first kappa shape index (κ1) is 10.0. The first-order valence-electron chi connectivity index (χ1n) is 2.01. The van der Waals surface area contributed by atoms with Gasteiger partial charge in [0.25, 0.3) is 0 Å². The fourth-order valence-electron chi connectivity index (χ4n) is 0.177. The maximum Gasteiger partial charge on any atom is 0.219 e. The number of amides is 1. The molecule has 3 heteroatoms. The Morgan fingerprint density at radius 2 is 2.14 bits per heavy atom. The van der Waals surface area contributed by atoms with Crippen molar-refractivity contribution in [2.24, 2.45) is 0 Å². The van der Waals surface area contributed by atoms with Crippen LogP contribution in [0.1, 0.15) is 13.3 Å². The van der Waals surface area contributed by atoms with E-state index in [0.717, 1.165) is 0 Å². The molecule has 0 unspecified atom stereocenters. The molecule has 7 heavy (non-hydrogen) atoms. The number of hydrogen-bond acceptors (Lipinski definition) is 1. The zero-order valence-corrected chi connectivity index (χ0v) is 6.24. The van der Waals surface area contributed by atoms with Crippen LogP contribution in [0.25, 0.3) is 0 Å². The summed E-state index contributed by atoms with van der Waals surface area (Å²) in [5.74, 6) is 0.0926. The van der Waals surface area contributed by atoms with Crippen molar-refractivity contribution in [3.8, 4) is 0 Å². The number of nitrogens with one attached hydrogen (secondary N) is 1. The van der Waals surface area contributed by atoms with Gasteiger partial charge in [0.2, 0.25) is 5.91 Å². The highest BCUT2D eigenvalue weighted by atomic mass is 79.9. The van der Waals surface area contributed by atoms with Crippen molar-refractivity contribution in [1.29, 1.82) is 0 Å². The molecule has 0 fully saturated rings. The minimum absolute atomic E-state index is 0. The molecule has 1 amide bonds. The van der Waals surface area contributed by atoms with Gasteiger partial charge < -0.3 is 5.32 Å². The van der Waals surface area contributed by atoms with Crippen LogP contribution in [0, 0.1) is 0 Å². The summed E-state index contributed by atoms with van der Waals surface area (Å²) in [6, 6.07) is 0. The lowest BCUT2D eigenvalue weighted by Gasteiger charge is -1.87. The molecular formula is C4H10BrNO. The van der Waals surface area contributed by atoms with E-state index in [0.29, 0.717) is 6.42 Å². The summed E-state index contributed by atoms with van der Waals surface area (Å²) in [5, 5.41) is 2.48. The molecule has 0 atom stereocenters. The molecule has 0 aliphatic heterocycles. The third-order valence-electron chi connectivity index (χ3n) is 0.600. The van der Waals surface area contributed by atoms with Gasteiger partial charge in [0, 0.05) is 13.5 Å². The van der Waals surface area contributed by atoms with Crippen LogP contribution in [0.5, 0.6) is 0 Å². The largest absolute Gasteiger partial charge is 0.359 e. The molecule has 0 heterocycles. The summed E-state index contributed by atoms with van der Waals surface area (Å²) in [5.41, 5.74) is 0. The van der Waals surface area contributed by atoms with Gasteiger partial charge in [-0.2, -0.15) is 0 Å². The van der Waals surface area contributed by atoms with E-state index in [4.69, 9.17) is 0 Å². The van der Waals surface area contributed by atoms with Crippen LogP contribution in [-0.2, 0) is 4.79 Å². The summed E-state index contributed by atoms with van der Waals surface area (Å²) in [7, 11) is 1.63. The van der Waals surface area contributed by atoms with Gasteiger partial charge in [-0.25, -0.2) is 0 Å². The van der Waals surface area contributed by atoms with E-state index in [2.05, 4.69) is 5.32 Å². The zero-order chi connectivity index (χ0) is 4.99. The number of carbonyl (C=O) groups excluding carboxylic acids is 1. The highest BCUT2D eigenvalue weighted by Gasteiger charge is 1.84. The minimum Gasteiger partial charge on any atom is -0.359 e. The van der Waals surface area contributed by atoms with Crippen molar-refractivity contribution >= 4 is 22.9 Å². The maximum atomic E-state index is 10.1. The van der Waals surface area contributed by atoms with Gasteiger partial charge in [0.05, 0.1) is 0 Å². The van der Waals surface area contributed by atoms with E-state index in [1.807, 2.05) is 6.92 Å². The van der Waals surface area contributed by atoms with Crippen LogP contribution in [0.15, 0.2) is 0 Å². The molecule has 2 nitrogen and oxygen atoms in total. The minimum atomic E-state index is 0. The molecule has 0 aliphatic carbocycles. The summed E-state index contributed by atoms with van der Waals surface area (Å²) < 4.78 is 0. The Hall–Kier alpha value is -0.0500. The van der Waals surface area contributed by atoms with Gasteiger partial charge in [-0.05, 0) is 0 Å². The SMILES string of the molecule is Br.CCC(=O)NC. The fraction of sp³-hybridized carbons (Fsp3) is 0.750. The predicted molar refractivity (Wildman–Crippen MR) is 34.7 cm³/mol. The number of halogens is 1. The lowest BCUT2D eigenvalue weighted by Crippen LogP contribution is -2.15.